The predicted octanol–water partition coefficient (Wildman–Crippen LogP) is 3.30. The van der Waals surface area contributed by atoms with Crippen LogP contribution < -0.4 is 4.72 Å². The molecule has 158 valence electrons. The standard InChI is InChI=1S/C21H30N4O2S2/c1-24-20(12-19(23-24)15-5-2-3-6-15)18-14-25-9-8-16(18)11-17(25)13-22-29(26,27)21-7-4-10-28-21/h4,7,10,12,15-18,22H,2-3,5-6,8-9,11,13-14H2,1H3/t16-,17+,18+/m0/s1. The molecule has 1 saturated carbocycles. The molecule has 0 spiro atoms. The van der Waals surface area contributed by atoms with Crippen molar-refractivity contribution in [1.29, 1.82) is 0 Å². The first-order valence-electron chi connectivity index (χ1n) is 10.8. The second kappa shape index (κ2) is 7.80. The molecule has 3 aliphatic heterocycles. The third-order valence-electron chi connectivity index (χ3n) is 7.24. The van der Waals surface area contributed by atoms with Gasteiger partial charge >= 0.3 is 0 Å². The smallest absolute Gasteiger partial charge is 0.250 e. The molecule has 1 unspecified atom stereocenters. The fraction of sp³-hybridized carbons (Fsp3) is 0.667. The summed E-state index contributed by atoms with van der Waals surface area (Å²) < 4.78 is 30.3. The third-order valence-corrected chi connectivity index (χ3v) is 10.1. The first kappa shape index (κ1) is 19.7. The van der Waals surface area contributed by atoms with E-state index < -0.39 is 10.0 Å². The molecule has 8 heteroatoms. The van der Waals surface area contributed by atoms with E-state index in [0.29, 0.717) is 34.5 Å². The van der Waals surface area contributed by atoms with Crippen molar-refractivity contribution in [2.24, 2.45) is 13.0 Å². The zero-order chi connectivity index (χ0) is 20.0. The first-order valence-corrected chi connectivity index (χ1v) is 13.2. The fourth-order valence-electron chi connectivity index (χ4n) is 5.65. The van der Waals surface area contributed by atoms with E-state index in [4.69, 9.17) is 5.10 Å². The summed E-state index contributed by atoms with van der Waals surface area (Å²) in [4.78, 5) is 2.49. The summed E-state index contributed by atoms with van der Waals surface area (Å²) in [7, 11) is -1.29. The van der Waals surface area contributed by atoms with Gasteiger partial charge in [0.2, 0.25) is 10.0 Å². The number of hydrogen-bond acceptors (Lipinski definition) is 5. The molecule has 0 aromatic carbocycles. The van der Waals surface area contributed by atoms with Crippen LogP contribution in [0.4, 0.5) is 0 Å². The molecule has 29 heavy (non-hydrogen) atoms. The molecule has 5 heterocycles. The van der Waals surface area contributed by atoms with Crippen molar-refractivity contribution in [2.75, 3.05) is 19.6 Å². The summed E-state index contributed by atoms with van der Waals surface area (Å²) in [6.45, 7) is 2.59. The van der Waals surface area contributed by atoms with Crippen molar-refractivity contribution >= 4 is 21.4 Å². The van der Waals surface area contributed by atoms with Crippen molar-refractivity contribution in [2.45, 2.75) is 60.6 Å². The van der Waals surface area contributed by atoms with E-state index in [1.807, 2.05) is 0 Å². The summed E-state index contributed by atoms with van der Waals surface area (Å²) in [6.07, 6.45) is 7.48. The van der Waals surface area contributed by atoms with Gasteiger partial charge in [-0.3, -0.25) is 9.58 Å². The number of nitrogens with one attached hydrogen (secondary N) is 1. The third kappa shape index (κ3) is 3.80. The van der Waals surface area contributed by atoms with Crippen LogP contribution in [0.25, 0.3) is 0 Å². The normalized spacial score (nSPS) is 30.2. The van der Waals surface area contributed by atoms with Gasteiger partial charge in [0, 0.05) is 43.7 Å². The Labute approximate surface area is 177 Å². The predicted molar refractivity (Wildman–Crippen MR) is 115 cm³/mol. The Kier molecular flexibility index (Phi) is 5.30. The average Bonchev–Trinajstić information content (AvgIpc) is 3.48. The molecular weight excluding hydrogens is 404 g/mol. The van der Waals surface area contributed by atoms with Gasteiger partial charge < -0.3 is 0 Å². The van der Waals surface area contributed by atoms with Crippen LogP contribution in [0, 0.1) is 5.92 Å². The van der Waals surface area contributed by atoms with Crippen LogP contribution >= 0.6 is 11.3 Å². The fourth-order valence-corrected chi connectivity index (χ4v) is 7.76. The summed E-state index contributed by atoms with van der Waals surface area (Å²) in [6, 6.07) is 6.11. The van der Waals surface area contributed by atoms with E-state index in [-0.39, 0.29) is 0 Å². The summed E-state index contributed by atoms with van der Waals surface area (Å²) in [5.41, 5.74) is 2.66. The van der Waals surface area contributed by atoms with Crippen LogP contribution in [-0.4, -0.2) is 48.8 Å². The SMILES string of the molecule is Cn1nc(C2CCCC2)cc1[C@@H]1CN2CC[C@H]1C[C@@H]2CNS(=O)(=O)c1cccs1. The topological polar surface area (TPSA) is 67.2 Å². The quantitative estimate of drug-likeness (QED) is 0.758. The Morgan fingerprint density at radius 2 is 2.10 bits per heavy atom. The average molecular weight is 435 g/mol. The molecule has 2 bridgehead atoms. The Bertz CT molecular complexity index is 947. The van der Waals surface area contributed by atoms with E-state index in [2.05, 4.69) is 27.4 Å². The summed E-state index contributed by atoms with van der Waals surface area (Å²) in [5, 5.41) is 6.68. The summed E-state index contributed by atoms with van der Waals surface area (Å²) >= 11 is 1.27. The Morgan fingerprint density at radius 1 is 1.28 bits per heavy atom. The Morgan fingerprint density at radius 3 is 2.79 bits per heavy atom. The van der Waals surface area contributed by atoms with Gasteiger partial charge in [-0.25, -0.2) is 13.1 Å². The van der Waals surface area contributed by atoms with Gasteiger partial charge in [-0.2, -0.15) is 5.10 Å². The Hall–Kier alpha value is -1.22. The van der Waals surface area contributed by atoms with Crippen molar-refractivity contribution in [3.05, 3.63) is 35.0 Å². The molecule has 2 aromatic heterocycles. The van der Waals surface area contributed by atoms with Crippen LogP contribution in [0.5, 0.6) is 0 Å². The number of aromatic nitrogens is 2. The molecule has 0 radical (unpaired) electrons. The van der Waals surface area contributed by atoms with Crippen LogP contribution in [0.1, 0.15) is 61.7 Å². The molecule has 1 N–H and O–H groups in total. The molecule has 1 aliphatic carbocycles. The lowest BCUT2D eigenvalue weighted by atomic mass is 9.74. The Balaban J connectivity index is 1.26. The van der Waals surface area contributed by atoms with Gasteiger partial charge in [-0.05, 0) is 55.7 Å². The minimum atomic E-state index is -3.38. The van der Waals surface area contributed by atoms with Crippen molar-refractivity contribution in [1.82, 2.24) is 19.4 Å². The lowest BCUT2D eigenvalue weighted by Crippen LogP contribution is -2.56. The molecule has 0 amide bonds. The minimum absolute atomic E-state index is 0.294. The highest BCUT2D eigenvalue weighted by Gasteiger charge is 2.42. The van der Waals surface area contributed by atoms with Crippen LogP contribution in [0.3, 0.4) is 0 Å². The zero-order valence-electron chi connectivity index (χ0n) is 17.0. The number of thiophene rings is 1. The zero-order valence-corrected chi connectivity index (χ0v) is 18.6. The van der Waals surface area contributed by atoms with Gasteiger partial charge in [0.1, 0.15) is 4.21 Å². The number of sulfonamides is 1. The number of hydrogen-bond donors (Lipinski definition) is 1. The van der Waals surface area contributed by atoms with Crippen LogP contribution in [-0.2, 0) is 17.1 Å². The molecule has 2 aromatic rings. The van der Waals surface area contributed by atoms with Crippen molar-refractivity contribution < 1.29 is 8.42 Å². The van der Waals surface area contributed by atoms with Gasteiger partial charge in [-0.15, -0.1) is 11.3 Å². The second-order valence-corrected chi connectivity index (χ2v) is 11.9. The highest BCUT2D eigenvalue weighted by atomic mass is 32.2. The van der Waals surface area contributed by atoms with Crippen LogP contribution in [0.2, 0.25) is 0 Å². The molecule has 3 saturated heterocycles. The lowest BCUT2D eigenvalue weighted by Gasteiger charge is -2.49. The molecule has 6 rings (SSSR count). The van der Waals surface area contributed by atoms with Crippen LogP contribution in [0.15, 0.2) is 27.8 Å². The maximum absolute atomic E-state index is 12.5. The number of piperidine rings is 3. The number of nitrogens with zero attached hydrogens (tertiary/aromatic N) is 3. The van der Waals surface area contributed by atoms with E-state index in [1.165, 1.54) is 54.8 Å². The molecule has 6 nitrogen and oxygen atoms in total. The van der Waals surface area contributed by atoms with E-state index in [9.17, 15) is 8.42 Å². The van der Waals surface area contributed by atoms with Crippen molar-refractivity contribution in [3.63, 3.8) is 0 Å². The van der Waals surface area contributed by atoms with E-state index in [0.717, 1.165) is 19.5 Å². The number of fused-ring (bicyclic) bond motifs is 3. The van der Waals surface area contributed by atoms with Gasteiger partial charge in [-0.1, -0.05) is 18.9 Å². The molecule has 4 aliphatic rings. The number of rotatable bonds is 6. The molecule has 4 atom stereocenters. The maximum Gasteiger partial charge on any atom is 0.250 e. The second-order valence-electron chi connectivity index (χ2n) is 8.92. The molecule has 4 fully saturated rings. The van der Waals surface area contributed by atoms with Crippen molar-refractivity contribution in [3.8, 4) is 0 Å². The highest BCUT2D eigenvalue weighted by Crippen LogP contribution is 2.43. The maximum atomic E-state index is 12.5. The highest BCUT2D eigenvalue weighted by molar-refractivity contribution is 7.91. The minimum Gasteiger partial charge on any atom is -0.298 e. The summed E-state index contributed by atoms with van der Waals surface area (Å²) in [5.74, 6) is 1.78. The van der Waals surface area contributed by atoms with Gasteiger partial charge in [0.05, 0.1) is 5.69 Å². The first-order chi connectivity index (χ1) is 14.0. The lowest BCUT2D eigenvalue weighted by molar-refractivity contribution is 0.0306. The number of aryl methyl sites for hydroxylation is 1. The largest absolute Gasteiger partial charge is 0.298 e. The van der Waals surface area contributed by atoms with E-state index >= 15 is 0 Å². The van der Waals surface area contributed by atoms with Gasteiger partial charge in [0.15, 0.2) is 0 Å². The van der Waals surface area contributed by atoms with Gasteiger partial charge in [0.25, 0.3) is 0 Å². The molecular formula is C21H30N4O2S2. The monoisotopic (exact) mass is 434 g/mol. The van der Waals surface area contributed by atoms with E-state index in [1.54, 1.807) is 17.5 Å².